The minimum absolute atomic E-state index is 0.0440. The number of alkyl halides is 3. The zero-order chi connectivity index (χ0) is 15.1. The normalized spacial score (nSPS) is 26.5. The van der Waals surface area contributed by atoms with Crippen molar-refractivity contribution in [1.82, 2.24) is 20.2 Å². The second-order valence-electron chi connectivity index (χ2n) is 5.59. The average molecular weight is 300 g/mol. The Morgan fingerprint density at radius 1 is 1.43 bits per heavy atom. The van der Waals surface area contributed by atoms with Gasteiger partial charge in [0.25, 0.3) is 0 Å². The van der Waals surface area contributed by atoms with Crippen LogP contribution in [0.15, 0.2) is 12.5 Å². The molecular weight excluding hydrogens is 285 g/mol. The SMILES string of the molecule is O=C1NCc2cncnc2C12CCCN(CC(F)(F)F)C2. The van der Waals surface area contributed by atoms with E-state index in [0.29, 0.717) is 31.6 Å². The number of rotatable bonds is 1. The van der Waals surface area contributed by atoms with Crippen LogP contribution in [0.2, 0.25) is 0 Å². The van der Waals surface area contributed by atoms with Crippen molar-refractivity contribution < 1.29 is 18.0 Å². The van der Waals surface area contributed by atoms with Crippen molar-refractivity contribution >= 4 is 5.91 Å². The number of fused-ring (bicyclic) bond motifs is 2. The van der Waals surface area contributed by atoms with E-state index in [1.807, 2.05) is 0 Å². The number of halogens is 3. The van der Waals surface area contributed by atoms with E-state index in [2.05, 4.69) is 15.3 Å². The Morgan fingerprint density at radius 2 is 2.24 bits per heavy atom. The van der Waals surface area contributed by atoms with Crippen molar-refractivity contribution in [3.63, 3.8) is 0 Å². The third-order valence-electron chi connectivity index (χ3n) is 4.09. The van der Waals surface area contributed by atoms with Gasteiger partial charge in [-0.05, 0) is 19.4 Å². The highest BCUT2D eigenvalue weighted by Crippen LogP contribution is 2.38. The minimum Gasteiger partial charge on any atom is -0.351 e. The standard InChI is InChI=1S/C13H15F3N4O/c14-13(15,16)7-20-3-1-2-12(6-20)10-9(4-17-8-19-10)5-18-11(12)21/h4,8H,1-3,5-7H2,(H,18,21). The molecular formula is C13H15F3N4O. The summed E-state index contributed by atoms with van der Waals surface area (Å²) in [5.41, 5.74) is 0.374. The van der Waals surface area contributed by atoms with Crippen molar-refractivity contribution in [3.05, 3.63) is 23.8 Å². The highest BCUT2D eigenvalue weighted by Gasteiger charge is 2.49. The Kier molecular flexibility index (Phi) is 3.35. The second kappa shape index (κ2) is 4.94. The molecule has 2 aliphatic rings. The van der Waals surface area contributed by atoms with Gasteiger partial charge < -0.3 is 5.32 Å². The first-order chi connectivity index (χ1) is 9.91. The lowest BCUT2D eigenvalue weighted by atomic mass is 9.73. The molecule has 1 saturated heterocycles. The molecule has 1 fully saturated rings. The minimum atomic E-state index is -4.27. The van der Waals surface area contributed by atoms with E-state index in [4.69, 9.17) is 0 Å². The third kappa shape index (κ3) is 2.59. The lowest BCUT2D eigenvalue weighted by Crippen LogP contribution is -2.58. The number of piperidine rings is 1. The zero-order valence-electron chi connectivity index (χ0n) is 11.3. The smallest absolute Gasteiger partial charge is 0.351 e. The maximum absolute atomic E-state index is 12.6. The maximum atomic E-state index is 12.6. The fraction of sp³-hybridized carbons (Fsp3) is 0.615. The number of aromatic nitrogens is 2. The van der Waals surface area contributed by atoms with E-state index in [1.165, 1.54) is 11.2 Å². The summed E-state index contributed by atoms with van der Waals surface area (Å²) in [6.45, 7) is -0.282. The predicted octanol–water partition coefficient (Wildman–Crippen LogP) is 1.00. The highest BCUT2D eigenvalue weighted by molar-refractivity contribution is 5.90. The highest BCUT2D eigenvalue weighted by atomic mass is 19.4. The van der Waals surface area contributed by atoms with Gasteiger partial charge in [0, 0.05) is 24.8 Å². The molecule has 1 amide bonds. The number of nitrogens with zero attached hydrogens (tertiary/aromatic N) is 3. The van der Waals surface area contributed by atoms with Crippen LogP contribution in [-0.2, 0) is 16.8 Å². The molecule has 0 radical (unpaired) electrons. The molecule has 114 valence electrons. The van der Waals surface area contributed by atoms with Gasteiger partial charge in [0.2, 0.25) is 5.91 Å². The first-order valence-electron chi connectivity index (χ1n) is 6.77. The molecule has 0 saturated carbocycles. The maximum Gasteiger partial charge on any atom is 0.401 e. The molecule has 8 heteroatoms. The predicted molar refractivity (Wildman–Crippen MR) is 67.3 cm³/mol. The van der Waals surface area contributed by atoms with Gasteiger partial charge in [0.05, 0.1) is 12.2 Å². The number of nitrogens with one attached hydrogen (secondary N) is 1. The first kappa shape index (κ1) is 14.2. The first-order valence-corrected chi connectivity index (χ1v) is 6.77. The van der Waals surface area contributed by atoms with Crippen LogP contribution in [0, 0.1) is 0 Å². The average Bonchev–Trinajstić information content (AvgIpc) is 2.42. The summed E-state index contributed by atoms with van der Waals surface area (Å²) in [6, 6.07) is 0. The van der Waals surface area contributed by atoms with Crippen molar-refractivity contribution in [2.75, 3.05) is 19.6 Å². The number of amides is 1. The van der Waals surface area contributed by atoms with E-state index >= 15 is 0 Å². The van der Waals surface area contributed by atoms with Crippen molar-refractivity contribution in [3.8, 4) is 0 Å². The molecule has 1 N–H and O–H groups in total. The van der Waals surface area contributed by atoms with E-state index in [9.17, 15) is 18.0 Å². The van der Waals surface area contributed by atoms with Gasteiger partial charge >= 0.3 is 6.18 Å². The quantitative estimate of drug-likeness (QED) is 0.841. The number of carbonyl (C=O) groups is 1. The fourth-order valence-corrected chi connectivity index (χ4v) is 3.28. The molecule has 1 aromatic rings. The Bertz CT molecular complexity index is 563. The molecule has 0 bridgehead atoms. The lowest BCUT2D eigenvalue weighted by Gasteiger charge is -2.43. The van der Waals surface area contributed by atoms with Crippen molar-refractivity contribution in [2.45, 2.75) is 31.0 Å². The summed E-state index contributed by atoms with van der Waals surface area (Å²) in [4.78, 5) is 21.8. The van der Waals surface area contributed by atoms with Crippen LogP contribution < -0.4 is 5.32 Å². The molecule has 1 atom stereocenters. The molecule has 0 aliphatic carbocycles. The Morgan fingerprint density at radius 3 is 3.00 bits per heavy atom. The van der Waals surface area contributed by atoms with Crippen LogP contribution in [-0.4, -0.2) is 46.6 Å². The van der Waals surface area contributed by atoms with Crippen molar-refractivity contribution in [1.29, 1.82) is 0 Å². The van der Waals surface area contributed by atoms with Crippen LogP contribution >= 0.6 is 0 Å². The van der Waals surface area contributed by atoms with Crippen LogP contribution in [0.3, 0.4) is 0 Å². The Labute approximate surface area is 119 Å². The van der Waals surface area contributed by atoms with Crippen molar-refractivity contribution in [2.24, 2.45) is 0 Å². The van der Waals surface area contributed by atoms with Crippen LogP contribution in [0.25, 0.3) is 0 Å². The van der Waals surface area contributed by atoms with Crippen LogP contribution in [0.4, 0.5) is 13.2 Å². The molecule has 0 aromatic carbocycles. The summed E-state index contributed by atoms with van der Waals surface area (Å²) in [7, 11) is 0. The second-order valence-corrected chi connectivity index (χ2v) is 5.59. The molecule has 3 rings (SSSR count). The molecule has 3 heterocycles. The number of carbonyl (C=O) groups excluding carboxylic acids is 1. The van der Waals surface area contributed by atoms with E-state index in [1.54, 1.807) is 6.20 Å². The van der Waals surface area contributed by atoms with Gasteiger partial charge in [-0.1, -0.05) is 0 Å². The fourth-order valence-electron chi connectivity index (χ4n) is 3.28. The number of hydrogen-bond acceptors (Lipinski definition) is 4. The summed E-state index contributed by atoms with van der Waals surface area (Å²) in [5, 5.41) is 2.76. The van der Waals surface area contributed by atoms with Crippen LogP contribution in [0.5, 0.6) is 0 Å². The summed E-state index contributed by atoms with van der Waals surface area (Å²) >= 11 is 0. The lowest BCUT2D eigenvalue weighted by molar-refractivity contribution is -0.154. The topological polar surface area (TPSA) is 58.1 Å². The van der Waals surface area contributed by atoms with E-state index in [0.717, 1.165) is 5.56 Å². The third-order valence-corrected chi connectivity index (χ3v) is 4.09. The zero-order valence-corrected chi connectivity index (χ0v) is 11.3. The summed E-state index contributed by atoms with van der Waals surface area (Å²) in [6.07, 6.45) is -0.254. The molecule has 1 spiro atoms. The Balaban J connectivity index is 1.94. The van der Waals surface area contributed by atoms with Gasteiger partial charge in [-0.2, -0.15) is 13.2 Å². The number of hydrogen-bond donors (Lipinski definition) is 1. The molecule has 1 aromatic heterocycles. The van der Waals surface area contributed by atoms with Gasteiger partial charge in [-0.3, -0.25) is 9.69 Å². The van der Waals surface area contributed by atoms with Gasteiger partial charge in [-0.15, -0.1) is 0 Å². The summed E-state index contributed by atoms with van der Waals surface area (Å²) < 4.78 is 37.9. The monoisotopic (exact) mass is 300 g/mol. The van der Waals surface area contributed by atoms with Crippen LogP contribution in [0.1, 0.15) is 24.1 Å². The van der Waals surface area contributed by atoms with Gasteiger partial charge in [0.1, 0.15) is 11.7 Å². The van der Waals surface area contributed by atoms with E-state index < -0.39 is 18.1 Å². The summed E-state index contributed by atoms with van der Waals surface area (Å²) in [5.74, 6) is -0.236. The number of likely N-dealkylation sites (tertiary alicyclic amines) is 1. The molecule has 1 unspecified atom stereocenters. The van der Waals surface area contributed by atoms with E-state index in [-0.39, 0.29) is 12.5 Å². The molecule has 2 aliphatic heterocycles. The van der Waals surface area contributed by atoms with Gasteiger partial charge in [0.15, 0.2) is 0 Å². The Hall–Kier alpha value is -1.70. The largest absolute Gasteiger partial charge is 0.401 e. The molecule has 5 nitrogen and oxygen atoms in total. The molecule has 21 heavy (non-hydrogen) atoms. The van der Waals surface area contributed by atoms with Gasteiger partial charge in [-0.25, -0.2) is 9.97 Å².